The van der Waals surface area contributed by atoms with E-state index in [2.05, 4.69) is 32.0 Å². The van der Waals surface area contributed by atoms with Crippen molar-refractivity contribution in [3.05, 3.63) is 10.8 Å². The van der Waals surface area contributed by atoms with E-state index in [1.54, 1.807) is 0 Å². The number of anilines is 1. The number of H-pyrrole nitrogens is 1. The number of aliphatic hydroxyl groups excluding tert-OH is 1. The molecule has 0 amide bonds. The Kier molecular flexibility index (Phi) is 2.41. The van der Waals surface area contributed by atoms with Crippen molar-refractivity contribution >= 4 is 28.6 Å². The number of halogens is 1. The van der Waals surface area contributed by atoms with E-state index in [1.807, 2.05) is 0 Å². The quantitative estimate of drug-likeness (QED) is 0.429. The lowest BCUT2D eigenvalue weighted by atomic mass is 10.3. The number of aromatic nitrogens is 4. The second-order valence-corrected chi connectivity index (χ2v) is 2.99. The van der Waals surface area contributed by atoms with Gasteiger partial charge in [0, 0.05) is 0 Å². The van der Waals surface area contributed by atoms with Gasteiger partial charge < -0.3 is 10.8 Å². The van der Waals surface area contributed by atoms with E-state index >= 15 is 0 Å². The van der Waals surface area contributed by atoms with Crippen LogP contribution in [0.15, 0.2) is 0 Å². The Morgan fingerprint density at radius 3 is 3.00 bits per heavy atom. The largest absolute Gasteiger partial charge is 0.384 e. The molecule has 4 N–H and O–H groups in total. The molecule has 6 nitrogen and oxygen atoms in total. The molecule has 0 aliphatic rings. The van der Waals surface area contributed by atoms with E-state index < -0.39 is 0 Å². The van der Waals surface area contributed by atoms with Crippen molar-refractivity contribution in [3.63, 3.8) is 0 Å². The maximum absolute atomic E-state index is 8.56. The van der Waals surface area contributed by atoms with Gasteiger partial charge in [0.05, 0.1) is 5.39 Å². The number of rotatable bonds is 0. The molecule has 7 heteroatoms. The molecular formula is C8H6ClN5O. The normalized spacial score (nSPS) is 10.0. The summed E-state index contributed by atoms with van der Waals surface area (Å²) in [6.07, 6.45) is 0. The average molecular weight is 224 g/mol. The van der Waals surface area contributed by atoms with Crippen LogP contribution in [0.5, 0.6) is 0 Å². The van der Waals surface area contributed by atoms with E-state index in [-0.39, 0.29) is 17.7 Å². The van der Waals surface area contributed by atoms with Crippen LogP contribution in [0.25, 0.3) is 11.0 Å². The molecule has 2 aromatic rings. The smallest absolute Gasteiger partial charge is 0.223 e. The maximum Gasteiger partial charge on any atom is 0.223 e. The number of nitrogens with one attached hydrogen (secondary N) is 1. The highest BCUT2D eigenvalue weighted by Crippen LogP contribution is 2.21. The van der Waals surface area contributed by atoms with Crippen LogP contribution in [0.3, 0.4) is 0 Å². The average Bonchev–Trinajstić information content (AvgIpc) is 2.58. The van der Waals surface area contributed by atoms with E-state index in [0.717, 1.165) is 0 Å². The molecule has 2 heterocycles. The van der Waals surface area contributed by atoms with Gasteiger partial charge in [-0.2, -0.15) is 10.1 Å². The predicted molar refractivity (Wildman–Crippen MR) is 55.1 cm³/mol. The molecule has 0 bridgehead atoms. The lowest BCUT2D eigenvalue weighted by Crippen LogP contribution is -1.95. The van der Waals surface area contributed by atoms with Gasteiger partial charge in [-0.3, -0.25) is 5.10 Å². The SMILES string of the molecule is Nc1nc(Cl)c2c(C#CCO)[nH]nc2n1. The zero-order chi connectivity index (χ0) is 10.8. The van der Waals surface area contributed by atoms with Crippen molar-refractivity contribution in [2.45, 2.75) is 0 Å². The molecule has 0 saturated heterocycles. The molecule has 2 aromatic heterocycles. The summed E-state index contributed by atoms with van der Waals surface area (Å²) in [6.45, 7) is -0.242. The molecule has 0 fully saturated rings. The summed E-state index contributed by atoms with van der Waals surface area (Å²) in [6, 6.07) is 0. The minimum absolute atomic E-state index is 0.0562. The molecule has 0 spiro atoms. The Morgan fingerprint density at radius 1 is 1.47 bits per heavy atom. The van der Waals surface area contributed by atoms with Crippen LogP contribution in [0, 0.1) is 11.8 Å². The van der Waals surface area contributed by atoms with Gasteiger partial charge >= 0.3 is 0 Å². The monoisotopic (exact) mass is 223 g/mol. The van der Waals surface area contributed by atoms with Gasteiger partial charge in [0.25, 0.3) is 0 Å². The first-order chi connectivity index (χ1) is 7.22. The third kappa shape index (κ3) is 1.70. The highest BCUT2D eigenvalue weighted by Gasteiger charge is 2.10. The van der Waals surface area contributed by atoms with Crippen LogP contribution in [-0.2, 0) is 0 Å². The summed E-state index contributed by atoms with van der Waals surface area (Å²) in [4.78, 5) is 7.66. The van der Waals surface area contributed by atoms with E-state index in [1.165, 1.54) is 0 Å². The van der Waals surface area contributed by atoms with E-state index in [4.69, 9.17) is 22.4 Å². The topological polar surface area (TPSA) is 101 Å². The molecule has 0 radical (unpaired) electrons. The molecule has 0 atom stereocenters. The summed E-state index contributed by atoms with van der Waals surface area (Å²) in [7, 11) is 0. The van der Waals surface area contributed by atoms with Gasteiger partial charge in [0.2, 0.25) is 5.95 Å². The molecule has 15 heavy (non-hydrogen) atoms. The number of nitrogens with two attached hydrogens (primary N) is 1. The number of aromatic amines is 1. The first kappa shape index (κ1) is 9.71. The summed E-state index contributed by atoms with van der Waals surface area (Å²) in [5.74, 6) is 5.18. The van der Waals surface area contributed by atoms with Crippen molar-refractivity contribution in [1.82, 2.24) is 20.2 Å². The molecule has 2 rings (SSSR count). The number of hydrogen-bond acceptors (Lipinski definition) is 5. The van der Waals surface area contributed by atoms with Gasteiger partial charge in [-0.05, 0) is 5.92 Å². The molecule has 76 valence electrons. The Balaban J connectivity index is 2.69. The number of aliphatic hydroxyl groups is 1. The van der Waals surface area contributed by atoms with Gasteiger partial charge in [0.15, 0.2) is 5.65 Å². The number of hydrogen-bond donors (Lipinski definition) is 3. The number of nitrogen functional groups attached to an aromatic ring is 1. The van der Waals surface area contributed by atoms with Crippen LogP contribution >= 0.6 is 11.6 Å². The molecule has 0 aromatic carbocycles. The fourth-order valence-corrected chi connectivity index (χ4v) is 1.38. The molecule has 0 aliphatic heterocycles. The molecule has 0 unspecified atom stereocenters. The lowest BCUT2D eigenvalue weighted by molar-refractivity contribution is 0.350. The van der Waals surface area contributed by atoms with Gasteiger partial charge in [-0.1, -0.05) is 17.5 Å². The molecule has 0 aliphatic carbocycles. The van der Waals surface area contributed by atoms with Gasteiger partial charge in [0.1, 0.15) is 17.5 Å². The number of fused-ring (bicyclic) bond motifs is 1. The second-order valence-electron chi connectivity index (χ2n) is 2.63. The molecular weight excluding hydrogens is 218 g/mol. The molecule has 0 saturated carbocycles. The Hall–Kier alpha value is -1.84. The highest BCUT2D eigenvalue weighted by atomic mass is 35.5. The predicted octanol–water partition coefficient (Wildman–Crippen LogP) is -0.0677. The summed E-state index contributed by atoms with van der Waals surface area (Å²) in [5, 5.41) is 15.8. The third-order valence-corrected chi connectivity index (χ3v) is 1.95. The Labute approximate surface area is 89.5 Å². The summed E-state index contributed by atoms with van der Waals surface area (Å²) in [5.41, 5.74) is 6.22. The van der Waals surface area contributed by atoms with Crippen LogP contribution in [0.4, 0.5) is 5.95 Å². The summed E-state index contributed by atoms with van der Waals surface area (Å²) >= 11 is 5.87. The second kappa shape index (κ2) is 3.73. The Morgan fingerprint density at radius 2 is 2.27 bits per heavy atom. The van der Waals surface area contributed by atoms with Crippen molar-refractivity contribution in [2.24, 2.45) is 0 Å². The Bertz CT molecular complexity index is 567. The van der Waals surface area contributed by atoms with Crippen LogP contribution in [0.1, 0.15) is 5.69 Å². The van der Waals surface area contributed by atoms with Crippen molar-refractivity contribution in [3.8, 4) is 11.8 Å². The minimum Gasteiger partial charge on any atom is -0.384 e. The third-order valence-electron chi connectivity index (χ3n) is 1.68. The highest BCUT2D eigenvalue weighted by molar-refractivity contribution is 6.34. The van der Waals surface area contributed by atoms with Crippen molar-refractivity contribution in [2.75, 3.05) is 12.3 Å². The van der Waals surface area contributed by atoms with Crippen LogP contribution < -0.4 is 5.73 Å². The van der Waals surface area contributed by atoms with Gasteiger partial charge in [-0.15, -0.1) is 0 Å². The first-order valence-electron chi connectivity index (χ1n) is 3.99. The fourth-order valence-electron chi connectivity index (χ4n) is 1.12. The van der Waals surface area contributed by atoms with E-state index in [9.17, 15) is 0 Å². The minimum atomic E-state index is -0.242. The van der Waals surface area contributed by atoms with E-state index in [0.29, 0.717) is 16.7 Å². The first-order valence-corrected chi connectivity index (χ1v) is 4.37. The fraction of sp³-hybridized carbons (Fsp3) is 0.125. The van der Waals surface area contributed by atoms with Crippen LogP contribution in [-0.4, -0.2) is 31.9 Å². The van der Waals surface area contributed by atoms with Gasteiger partial charge in [-0.25, -0.2) is 4.98 Å². The maximum atomic E-state index is 8.56. The van der Waals surface area contributed by atoms with Crippen LogP contribution in [0.2, 0.25) is 5.15 Å². The number of nitrogens with zero attached hydrogens (tertiary/aromatic N) is 3. The zero-order valence-electron chi connectivity index (χ0n) is 7.45. The van der Waals surface area contributed by atoms with Crippen molar-refractivity contribution in [1.29, 1.82) is 0 Å². The summed E-state index contributed by atoms with van der Waals surface area (Å²) < 4.78 is 0. The van der Waals surface area contributed by atoms with Crippen molar-refractivity contribution < 1.29 is 5.11 Å². The lowest BCUT2D eigenvalue weighted by Gasteiger charge is -1.93. The zero-order valence-corrected chi connectivity index (χ0v) is 8.21. The standard InChI is InChI=1S/C8H6ClN5O/c9-6-5-4(2-1-3-15)13-14-7(5)12-8(10)11-6/h15H,3H2,(H3,10,11,12,13,14).